The quantitative estimate of drug-likeness (QED) is 0.922. The van der Waals surface area contributed by atoms with Crippen LogP contribution in [0, 0.1) is 0 Å². The molecule has 1 aromatic heterocycles. The summed E-state index contributed by atoms with van der Waals surface area (Å²) in [7, 11) is 3.75. The fraction of sp³-hybridized carbons (Fsp3) is 0.533. The van der Waals surface area contributed by atoms with Crippen molar-refractivity contribution in [3.63, 3.8) is 0 Å². The van der Waals surface area contributed by atoms with E-state index in [1.165, 1.54) is 0 Å². The summed E-state index contributed by atoms with van der Waals surface area (Å²) in [6.45, 7) is 4.55. The summed E-state index contributed by atoms with van der Waals surface area (Å²) >= 11 is 0. The van der Waals surface area contributed by atoms with Crippen LogP contribution in [-0.4, -0.2) is 42.5 Å². The summed E-state index contributed by atoms with van der Waals surface area (Å²) in [5.74, 6) is 2.23. The molecule has 0 radical (unpaired) electrons. The van der Waals surface area contributed by atoms with Crippen LogP contribution in [0.3, 0.4) is 0 Å². The van der Waals surface area contributed by atoms with Gasteiger partial charge in [0.15, 0.2) is 0 Å². The first-order valence-corrected chi connectivity index (χ1v) is 7.06. The lowest BCUT2D eigenvalue weighted by Crippen LogP contribution is -2.35. The number of rotatable bonds is 4. The molecule has 1 aliphatic heterocycles. The Hall–Kier alpha value is -1.59. The lowest BCUT2D eigenvalue weighted by atomic mass is 10.0. The number of aryl methyl sites for hydroxylation is 1. The van der Waals surface area contributed by atoms with Crippen LogP contribution in [0.25, 0.3) is 11.0 Å². The predicted octanol–water partition coefficient (Wildman–Crippen LogP) is 1.67. The highest BCUT2D eigenvalue weighted by atomic mass is 16.5. The van der Waals surface area contributed by atoms with Crippen molar-refractivity contribution in [1.29, 1.82) is 0 Å². The van der Waals surface area contributed by atoms with Gasteiger partial charge in [0.25, 0.3) is 0 Å². The maximum atomic E-state index is 5.63. The molecule has 5 heteroatoms. The van der Waals surface area contributed by atoms with Crippen molar-refractivity contribution in [3.8, 4) is 5.75 Å². The lowest BCUT2D eigenvalue weighted by Gasteiger charge is -2.17. The van der Waals surface area contributed by atoms with Crippen molar-refractivity contribution >= 4 is 11.0 Å². The number of hydrogen-bond donors (Lipinski definition) is 1. The predicted molar refractivity (Wildman–Crippen MR) is 78.3 cm³/mol. The van der Waals surface area contributed by atoms with Gasteiger partial charge in [-0.1, -0.05) is 6.92 Å². The average molecular weight is 275 g/mol. The molecule has 2 heterocycles. The van der Waals surface area contributed by atoms with Gasteiger partial charge in [0.2, 0.25) is 0 Å². The second kappa shape index (κ2) is 5.42. The number of nitrogens with one attached hydrogen (secondary N) is 1. The number of likely N-dealkylation sites (N-methyl/N-ethyl adjacent to an activating group) is 1. The van der Waals surface area contributed by atoms with Gasteiger partial charge in [-0.25, -0.2) is 4.98 Å². The zero-order valence-electron chi connectivity index (χ0n) is 12.2. The molecule has 1 aliphatic rings. The highest BCUT2D eigenvalue weighted by Crippen LogP contribution is 2.29. The van der Waals surface area contributed by atoms with Gasteiger partial charge in [-0.3, -0.25) is 0 Å². The van der Waals surface area contributed by atoms with Crippen LogP contribution < -0.4 is 10.1 Å². The van der Waals surface area contributed by atoms with Gasteiger partial charge in [-0.05, 0) is 18.7 Å². The summed E-state index contributed by atoms with van der Waals surface area (Å²) in [6, 6.07) is 6.36. The molecule has 1 fully saturated rings. The van der Waals surface area contributed by atoms with Crippen molar-refractivity contribution in [2.75, 3.05) is 26.9 Å². The van der Waals surface area contributed by atoms with Gasteiger partial charge in [-0.15, -0.1) is 0 Å². The third-order valence-electron chi connectivity index (χ3n) is 4.00. The Morgan fingerprint density at radius 3 is 3.05 bits per heavy atom. The summed E-state index contributed by atoms with van der Waals surface area (Å²) < 4.78 is 13.1. The fourth-order valence-electron chi connectivity index (χ4n) is 2.93. The molecular weight excluding hydrogens is 254 g/mol. The van der Waals surface area contributed by atoms with Crippen LogP contribution >= 0.6 is 0 Å². The van der Waals surface area contributed by atoms with Gasteiger partial charge < -0.3 is 19.4 Å². The summed E-state index contributed by atoms with van der Waals surface area (Å²) in [5, 5.41) is 3.48. The van der Waals surface area contributed by atoms with Crippen molar-refractivity contribution in [2.45, 2.75) is 18.9 Å². The van der Waals surface area contributed by atoms with E-state index in [2.05, 4.69) is 29.9 Å². The first-order chi connectivity index (χ1) is 9.74. The van der Waals surface area contributed by atoms with Crippen LogP contribution in [0.2, 0.25) is 0 Å². The summed E-state index contributed by atoms with van der Waals surface area (Å²) in [4.78, 5) is 4.80. The Kier molecular flexibility index (Phi) is 3.63. The van der Waals surface area contributed by atoms with Crippen LogP contribution in [0.4, 0.5) is 0 Å². The van der Waals surface area contributed by atoms with E-state index < -0.39 is 0 Å². The van der Waals surface area contributed by atoms with Gasteiger partial charge in [0, 0.05) is 19.2 Å². The third kappa shape index (κ3) is 2.17. The van der Waals surface area contributed by atoms with E-state index in [0.29, 0.717) is 12.0 Å². The van der Waals surface area contributed by atoms with Crippen LogP contribution in [0.1, 0.15) is 18.7 Å². The Balaban J connectivity index is 2.00. The summed E-state index contributed by atoms with van der Waals surface area (Å²) in [5.41, 5.74) is 2.10. The number of benzene rings is 1. The van der Waals surface area contributed by atoms with E-state index in [1.807, 2.05) is 12.1 Å². The minimum atomic E-state index is 0.304. The maximum absolute atomic E-state index is 5.63. The van der Waals surface area contributed by atoms with Crippen molar-refractivity contribution in [1.82, 2.24) is 14.9 Å². The van der Waals surface area contributed by atoms with Crippen molar-refractivity contribution in [2.24, 2.45) is 7.05 Å². The zero-order chi connectivity index (χ0) is 14.1. The van der Waals surface area contributed by atoms with E-state index in [0.717, 1.165) is 42.4 Å². The molecule has 1 aromatic carbocycles. The van der Waals surface area contributed by atoms with E-state index in [4.69, 9.17) is 14.5 Å². The molecular formula is C15H21N3O2. The number of ether oxygens (including phenoxy) is 2. The second-order valence-corrected chi connectivity index (χ2v) is 5.19. The largest absolute Gasteiger partial charge is 0.497 e. The highest BCUT2D eigenvalue weighted by Gasteiger charge is 2.32. The Labute approximate surface area is 118 Å². The molecule has 3 rings (SSSR count). The molecule has 2 atom stereocenters. The third-order valence-corrected chi connectivity index (χ3v) is 4.00. The van der Waals surface area contributed by atoms with E-state index >= 15 is 0 Å². The Morgan fingerprint density at radius 1 is 1.45 bits per heavy atom. The number of fused-ring (bicyclic) bond motifs is 1. The number of hydrogen-bond acceptors (Lipinski definition) is 4. The molecule has 1 saturated heterocycles. The van der Waals surface area contributed by atoms with Crippen LogP contribution in [-0.2, 0) is 11.8 Å². The van der Waals surface area contributed by atoms with E-state index in [-0.39, 0.29) is 0 Å². The lowest BCUT2D eigenvalue weighted by molar-refractivity contribution is 0.187. The molecule has 0 aliphatic carbocycles. The first kappa shape index (κ1) is 13.4. The molecule has 0 saturated carbocycles. The van der Waals surface area contributed by atoms with Gasteiger partial charge in [0.1, 0.15) is 11.6 Å². The minimum Gasteiger partial charge on any atom is -0.497 e. The SMILES string of the molecule is CCNC1COCC1c1nc2cc(OC)ccc2n1C. The number of nitrogens with zero attached hydrogens (tertiary/aromatic N) is 2. The standard InChI is InChI=1S/C15H21N3O2/c1-4-16-13-9-20-8-11(13)15-17-12-7-10(19-3)5-6-14(12)18(15)2/h5-7,11,13,16H,4,8-9H2,1-3H3. The van der Waals surface area contributed by atoms with Gasteiger partial charge in [-0.2, -0.15) is 0 Å². The Morgan fingerprint density at radius 2 is 2.30 bits per heavy atom. The van der Waals surface area contributed by atoms with E-state index in [1.54, 1.807) is 7.11 Å². The topological polar surface area (TPSA) is 48.3 Å². The molecule has 0 bridgehead atoms. The fourth-order valence-corrected chi connectivity index (χ4v) is 2.93. The zero-order valence-corrected chi connectivity index (χ0v) is 12.2. The van der Waals surface area contributed by atoms with Crippen molar-refractivity contribution < 1.29 is 9.47 Å². The molecule has 1 N–H and O–H groups in total. The molecule has 0 spiro atoms. The minimum absolute atomic E-state index is 0.304. The number of aromatic nitrogens is 2. The maximum Gasteiger partial charge on any atom is 0.121 e. The molecule has 5 nitrogen and oxygen atoms in total. The average Bonchev–Trinajstić information content (AvgIpc) is 3.04. The van der Waals surface area contributed by atoms with Gasteiger partial charge >= 0.3 is 0 Å². The Bertz CT molecular complexity index is 608. The molecule has 20 heavy (non-hydrogen) atoms. The second-order valence-electron chi connectivity index (χ2n) is 5.19. The normalized spacial score (nSPS) is 22.6. The molecule has 0 amide bonds. The number of methoxy groups -OCH3 is 1. The number of imidazole rings is 1. The monoisotopic (exact) mass is 275 g/mol. The molecule has 2 aromatic rings. The summed E-state index contributed by atoms with van der Waals surface area (Å²) in [6.07, 6.45) is 0. The highest BCUT2D eigenvalue weighted by molar-refractivity contribution is 5.77. The van der Waals surface area contributed by atoms with Crippen LogP contribution in [0.5, 0.6) is 5.75 Å². The van der Waals surface area contributed by atoms with Crippen molar-refractivity contribution in [3.05, 3.63) is 24.0 Å². The smallest absolute Gasteiger partial charge is 0.121 e. The molecule has 2 unspecified atom stereocenters. The van der Waals surface area contributed by atoms with E-state index in [9.17, 15) is 0 Å². The molecule has 108 valence electrons. The van der Waals surface area contributed by atoms with Gasteiger partial charge in [0.05, 0.1) is 37.3 Å². The van der Waals surface area contributed by atoms with Crippen LogP contribution in [0.15, 0.2) is 18.2 Å². The first-order valence-electron chi connectivity index (χ1n) is 7.06.